The van der Waals surface area contributed by atoms with Gasteiger partial charge in [-0.3, -0.25) is 0 Å². The Morgan fingerprint density at radius 1 is 1.31 bits per heavy atom. The van der Waals surface area contributed by atoms with Crippen LogP contribution < -0.4 is 17.0 Å². The zero-order valence-corrected chi connectivity index (χ0v) is 10.9. The van der Waals surface area contributed by atoms with Crippen LogP contribution >= 0.6 is 0 Å². The monoisotopic (exact) mass is 249 g/mol. The van der Waals surface area contributed by atoms with Crippen LogP contribution in [0.4, 0.5) is 0 Å². The lowest BCUT2D eigenvalue weighted by atomic mass is 10.1. The molecule has 1 unspecified atom stereocenters. The van der Waals surface area contributed by atoms with Crippen molar-refractivity contribution >= 4 is 0 Å². The molecule has 0 amide bonds. The fourth-order valence-corrected chi connectivity index (χ4v) is 2.64. The van der Waals surface area contributed by atoms with E-state index in [2.05, 4.69) is 20.9 Å². The Morgan fingerprint density at radius 2 is 2.00 bits per heavy atom. The Balaban J connectivity index is 0.00000144. The van der Waals surface area contributed by atoms with Crippen LogP contribution in [0.25, 0.3) is 0 Å². The topological polar surface area (TPSA) is 0 Å². The second-order valence-electron chi connectivity index (χ2n) is 4.48. The molecule has 80 valence electrons. The van der Waals surface area contributed by atoms with Gasteiger partial charge in [0.2, 0.25) is 0 Å². The molecular formula is C11H24BrN. The highest BCUT2D eigenvalue weighted by Crippen LogP contribution is 2.27. The summed E-state index contributed by atoms with van der Waals surface area (Å²) in [5, 5.41) is 0. The molecule has 13 heavy (non-hydrogen) atoms. The van der Waals surface area contributed by atoms with Crippen LogP contribution in [0.1, 0.15) is 46.0 Å². The summed E-state index contributed by atoms with van der Waals surface area (Å²) >= 11 is 0. The smallest absolute Gasteiger partial charge is 0.0887 e. The van der Waals surface area contributed by atoms with E-state index in [4.69, 9.17) is 0 Å². The molecule has 0 aliphatic carbocycles. The summed E-state index contributed by atoms with van der Waals surface area (Å²) in [5.41, 5.74) is 0. The molecular weight excluding hydrogens is 226 g/mol. The molecule has 0 aromatic carbocycles. The van der Waals surface area contributed by atoms with Gasteiger partial charge in [-0.2, -0.15) is 0 Å². The molecule has 1 heterocycles. The Bertz CT molecular complexity index is 138. The molecule has 2 atom stereocenters. The van der Waals surface area contributed by atoms with Crippen molar-refractivity contribution in [2.45, 2.75) is 52.0 Å². The van der Waals surface area contributed by atoms with Crippen molar-refractivity contribution in [1.82, 2.24) is 0 Å². The average Bonchev–Trinajstić information content (AvgIpc) is 2.44. The number of quaternary nitrogens is 1. The van der Waals surface area contributed by atoms with Gasteiger partial charge in [0.15, 0.2) is 0 Å². The van der Waals surface area contributed by atoms with E-state index in [0.717, 1.165) is 6.04 Å². The van der Waals surface area contributed by atoms with E-state index in [1.54, 1.807) is 0 Å². The van der Waals surface area contributed by atoms with E-state index >= 15 is 0 Å². The third kappa shape index (κ3) is 3.25. The van der Waals surface area contributed by atoms with Gasteiger partial charge in [0.05, 0.1) is 26.2 Å². The molecule has 0 spiro atoms. The highest BCUT2D eigenvalue weighted by atomic mass is 79.9. The van der Waals surface area contributed by atoms with Gasteiger partial charge in [-0.05, 0) is 12.8 Å². The van der Waals surface area contributed by atoms with Gasteiger partial charge >= 0.3 is 0 Å². The summed E-state index contributed by atoms with van der Waals surface area (Å²) in [5.74, 6) is 0. The maximum Gasteiger partial charge on any atom is 0.0887 e. The van der Waals surface area contributed by atoms with Gasteiger partial charge in [0.25, 0.3) is 0 Å². The molecule has 0 saturated carbocycles. The van der Waals surface area contributed by atoms with E-state index in [1.165, 1.54) is 49.7 Å². The molecule has 0 bridgehead atoms. The fourth-order valence-electron chi connectivity index (χ4n) is 2.64. The number of nitrogens with zero attached hydrogens (tertiary/aromatic N) is 1. The van der Waals surface area contributed by atoms with Crippen LogP contribution in [-0.2, 0) is 0 Å². The summed E-state index contributed by atoms with van der Waals surface area (Å²) in [6.07, 6.45) is 7.06. The van der Waals surface area contributed by atoms with Gasteiger partial charge in [0, 0.05) is 12.8 Å². The van der Waals surface area contributed by atoms with Gasteiger partial charge in [-0.25, -0.2) is 0 Å². The number of likely N-dealkylation sites (tertiary alicyclic amines) is 1. The van der Waals surface area contributed by atoms with Gasteiger partial charge < -0.3 is 21.5 Å². The lowest BCUT2D eigenvalue weighted by Crippen LogP contribution is -3.00. The first-order chi connectivity index (χ1) is 5.73. The quantitative estimate of drug-likeness (QED) is 0.607. The highest BCUT2D eigenvalue weighted by Gasteiger charge is 2.35. The largest absolute Gasteiger partial charge is 1.00 e. The Labute approximate surface area is 93.9 Å². The lowest BCUT2D eigenvalue weighted by molar-refractivity contribution is -0.921. The minimum Gasteiger partial charge on any atom is -1.00 e. The van der Waals surface area contributed by atoms with Crippen LogP contribution in [0.15, 0.2) is 0 Å². The standard InChI is InChI=1S/C11H24N.BrH/c1-4-6-9-12(3)10-7-8-11(12)5-2;/h11H,4-10H2,1-3H3;1H/q+1;/p-1/t11-,12?;/m1./s1. The first-order valence-electron chi connectivity index (χ1n) is 5.57. The Morgan fingerprint density at radius 3 is 2.54 bits per heavy atom. The van der Waals surface area contributed by atoms with Gasteiger partial charge in [0.1, 0.15) is 0 Å². The van der Waals surface area contributed by atoms with E-state index in [9.17, 15) is 0 Å². The number of hydrogen-bond donors (Lipinski definition) is 0. The summed E-state index contributed by atoms with van der Waals surface area (Å²) in [7, 11) is 2.46. The first-order valence-corrected chi connectivity index (χ1v) is 5.57. The van der Waals surface area contributed by atoms with Crippen molar-refractivity contribution in [3.05, 3.63) is 0 Å². The van der Waals surface area contributed by atoms with Crippen LogP contribution in [-0.4, -0.2) is 30.7 Å². The number of rotatable bonds is 4. The van der Waals surface area contributed by atoms with E-state index < -0.39 is 0 Å². The second-order valence-corrected chi connectivity index (χ2v) is 4.48. The predicted molar refractivity (Wildman–Crippen MR) is 54.1 cm³/mol. The van der Waals surface area contributed by atoms with Crippen molar-refractivity contribution in [1.29, 1.82) is 0 Å². The molecule has 0 aromatic heterocycles. The fraction of sp³-hybridized carbons (Fsp3) is 1.00. The molecule has 1 aliphatic rings. The zero-order chi connectivity index (χ0) is 9.03. The summed E-state index contributed by atoms with van der Waals surface area (Å²) < 4.78 is 1.37. The van der Waals surface area contributed by atoms with Crippen LogP contribution in [0.2, 0.25) is 0 Å². The minimum atomic E-state index is 0. The van der Waals surface area contributed by atoms with E-state index in [-0.39, 0.29) is 17.0 Å². The van der Waals surface area contributed by atoms with Crippen LogP contribution in [0, 0.1) is 0 Å². The summed E-state index contributed by atoms with van der Waals surface area (Å²) in [4.78, 5) is 0. The zero-order valence-electron chi connectivity index (χ0n) is 9.35. The summed E-state index contributed by atoms with van der Waals surface area (Å²) in [6.45, 7) is 7.48. The van der Waals surface area contributed by atoms with Crippen LogP contribution in [0.5, 0.6) is 0 Å². The normalized spacial score (nSPS) is 33.0. The summed E-state index contributed by atoms with van der Waals surface area (Å²) in [6, 6.07) is 0.969. The maximum atomic E-state index is 2.46. The molecule has 1 aliphatic heterocycles. The Hall–Kier alpha value is 0.440. The second kappa shape index (κ2) is 6.02. The van der Waals surface area contributed by atoms with Crippen molar-refractivity contribution in [2.24, 2.45) is 0 Å². The average molecular weight is 250 g/mol. The predicted octanol–water partition coefficient (Wildman–Crippen LogP) is -0.190. The van der Waals surface area contributed by atoms with Crippen LogP contribution in [0.3, 0.4) is 0 Å². The molecule has 0 aromatic rings. The molecule has 1 saturated heterocycles. The molecule has 1 rings (SSSR count). The third-order valence-electron chi connectivity index (χ3n) is 3.58. The molecule has 1 nitrogen and oxygen atoms in total. The lowest BCUT2D eigenvalue weighted by Gasteiger charge is -2.35. The van der Waals surface area contributed by atoms with Crippen molar-refractivity contribution < 1.29 is 21.5 Å². The SMILES string of the molecule is CCCC[N+]1(C)CCC[C@H]1CC.[Br-]. The molecule has 0 radical (unpaired) electrons. The first kappa shape index (κ1) is 13.4. The number of unbranched alkanes of at least 4 members (excludes halogenated alkanes) is 1. The molecule has 2 heteroatoms. The van der Waals surface area contributed by atoms with E-state index in [0.29, 0.717) is 0 Å². The minimum absolute atomic E-state index is 0. The third-order valence-corrected chi connectivity index (χ3v) is 3.58. The van der Waals surface area contributed by atoms with Crippen molar-refractivity contribution in [3.63, 3.8) is 0 Å². The highest BCUT2D eigenvalue weighted by molar-refractivity contribution is 4.65. The maximum absolute atomic E-state index is 2.46. The van der Waals surface area contributed by atoms with E-state index in [1.807, 2.05) is 0 Å². The molecule has 0 N–H and O–H groups in total. The number of halogens is 1. The van der Waals surface area contributed by atoms with Gasteiger partial charge in [-0.15, -0.1) is 0 Å². The number of hydrogen-bond acceptors (Lipinski definition) is 0. The Kier molecular flexibility index (Phi) is 6.23. The molecule has 1 fully saturated rings. The van der Waals surface area contributed by atoms with Gasteiger partial charge in [-0.1, -0.05) is 20.3 Å². The van der Waals surface area contributed by atoms with Crippen molar-refractivity contribution in [2.75, 3.05) is 20.1 Å². The van der Waals surface area contributed by atoms with Crippen molar-refractivity contribution in [3.8, 4) is 0 Å².